The molecule has 1 saturated heterocycles. The molecule has 0 radical (unpaired) electrons. The summed E-state index contributed by atoms with van der Waals surface area (Å²) in [6.07, 6.45) is 3.02. The van der Waals surface area contributed by atoms with Gasteiger partial charge in [0.15, 0.2) is 0 Å². The van der Waals surface area contributed by atoms with E-state index >= 15 is 0 Å². The van der Waals surface area contributed by atoms with Crippen molar-refractivity contribution < 1.29 is 19.1 Å². The minimum Gasteiger partial charge on any atom is -0.459 e. The molecule has 1 heterocycles. The molecule has 1 saturated carbocycles. The minimum atomic E-state index is -0.849. The van der Waals surface area contributed by atoms with E-state index in [0.717, 1.165) is 23.3 Å². The zero-order valence-corrected chi connectivity index (χ0v) is 16.3. The molecule has 1 spiro atoms. The molecule has 6 nitrogen and oxygen atoms in total. The standard InChI is InChI=1S/C21H28N2O4/c1-20(2,3)16-9-11-21(12-10-16)18(25)23(19(26)22-21)13-17(24)27-14-15-7-5-4-6-8-15/h4-8,16H,9-14H2,1-3H3,(H,22,26). The number of carbonyl (C=O) groups is 3. The van der Waals surface area contributed by atoms with E-state index in [9.17, 15) is 14.4 Å². The van der Waals surface area contributed by atoms with Crippen molar-refractivity contribution in [2.75, 3.05) is 6.54 Å². The molecule has 0 bridgehead atoms. The Hall–Kier alpha value is -2.37. The van der Waals surface area contributed by atoms with Gasteiger partial charge >= 0.3 is 12.0 Å². The molecule has 1 aliphatic heterocycles. The van der Waals surface area contributed by atoms with E-state index in [4.69, 9.17) is 4.74 Å². The number of ether oxygens (including phenoxy) is 1. The van der Waals surface area contributed by atoms with Crippen LogP contribution in [-0.2, 0) is 20.9 Å². The molecule has 3 amide bonds. The molecule has 2 aliphatic rings. The lowest BCUT2D eigenvalue weighted by Gasteiger charge is -2.40. The number of nitrogens with zero attached hydrogens (tertiary/aromatic N) is 1. The predicted molar refractivity (Wildman–Crippen MR) is 101 cm³/mol. The minimum absolute atomic E-state index is 0.127. The second kappa shape index (κ2) is 7.33. The van der Waals surface area contributed by atoms with Gasteiger partial charge in [-0.25, -0.2) is 4.79 Å². The Kier molecular flexibility index (Phi) is 5.27. The van der Waals surface area contributed by atoms with Gasteiger partial charge in [0.2, 0.25) is 0 Å². The summed E-state index contributed by atoms with van der Waals surface area (Å²) in [6.45, 7) is 6.41. The van der Waals surface area contributed by atoms with Gasteiger partial charge in [-0.1, -0.05) is 51.1 Å². The molecule has 146 valence electrons. The number of hydrogen-bond acceptors (Lipinski definition) is 4. The number of nitrogens with one attached hydrogen (secondary N) is 1. The normalized spacial score (nSPS) is 25.6. The van der Waals surface area contributed by atoms with Crippen LogP contribution in [0.4, 0.5) is 4.79 Å². The van der Waals surface area contributed by atoms with Crippen molar-refractivity contribution in [3.05, 3.63) is 35.9 Å². The van der Waals surface area contributed by atoms with Gasteiger partial charge in [-0.2, -0.15) is 0 Å². The highest BCUT2D eigenvalue weighted by molar-refractivity contribution is 6.08. The van der Waals surface area contributed by atoms with Crippen LogP contribution in [-0.4, -0.2) is 34.9 Å². The van der Waals surface area contributed by atoms with Gasteiger partial charge in [0.25, 0.3) is 5.91 Å². The Bertz CT molecular complexity index is 715. The fourth-order valence-corrected chi connectivity index (χ4v) is 4.05. The predicted octanol–water partition coefficient (Wildman–Crippen LogP) is 3.26. The number of rotatable bonds is 4. The number of hydrogen-bond donors (Lipinski definition) is 1. The van der Waals surface area contributed by atoms with Crippen LogP contribution < -0.4 is 5.32 Å². The Morgan fingerprint density at radius 1 is 1.19 bits per heavy atom. The first kappa shape index (κ1) is 19.4. The summed E-state index contributed by atoms with van der Waals surface area (Å²) in [5.74, 6) is -0.350. The Morgan fingerprint density at radius 2 is 1.81 bits per heavy atom. The van der Waals surface area contributed by atoms with Crippen molar-refractivity contribution in [3.8, 4) is 0 Å². The molecule has 1 N–H and O–H groups in total. The molecule has 3 rings (SSSR count). The van der Waals surface area contributed by atoms with E-state index in [-0.39, 0.29) is 24.5 Å². The van der Waals surface area contributed by atoms with E-state index in [1.54, 1.807) is 0 Å². The summed E-state index contributed by atoms with van der Waals surface area (Å²) >= 11 is 0. The Balaban J connectivity index is 1.57. The maximum atomic E-state index is 12.9. The Morgan fingerprint density at radius 3 is 2.41 bits per heavy atom. The molecular formula is C21H28N2O4. The molecule has 0 unspecified atom stereocenters. The fourth-order valence-electron chi connectivity index (χ4n) is 4.05. The maximum absolute atomic E-state index is 12.9. The highest BCUT2D eigenvalue weighted by atomic mass is 16.5. The molecule has 6 heteroatoms. The van der Waals surface area contributed by atoms with Gasteiger partial charge in [-0.05, 0) is 42.6 Å². The van der Waals surface area contributed by atoms with Crippen molar-refractivity contribution in [2.45, 2.75) is 58.6 Å². The zero-order valence-electron chi connectivity index (χ0n) is 16.3. The second-order valence-electron chi connectivity index (χ2n) is 8.69. The van der Waals surface area contributed by atoms with Crippen molar-refractivity contribution in [1.82, 2.24) is 10.2 Å². The van der Waals surface area contributed by atoms with Crippen molar-refractivity contribution in [3.63, 3.8) is 0 Å². The SMILES string of the molecule is CC(C)(C)C1CCC2(CC1)NC(=O)N(CC(=O)OCc1ccccc1)C2=O. The van der Waals surface area contributed by atoms with Crippen LogP contribution in [0.3, 0.4) is 0 Å². The van der Waals surface area contributed by atoms with Crippen molar-refractivity contribution in [1.29, 1.82) is 0 Å². The van der Waals surface area contributed by atoms with E-state index in [2.05, 4.69) is 26.1 Å². The lowest BCUT2D eigenvalue weighted by Crippen LogP contribution is -2.50. The summed E-state index contributed by atoms with van der Waals surface area (Å²) in [5, 5.41) is 2.85. The highest BCUT2D eigenvalue weighted by Gasteiger charge is 2.53. The molecule has 0 atom stereocenters. The quantitative estimate of drug-likeness (QED) is 0.650. The average molecular weight is 372 g/mol. The lowest BCUT2D eigenvalue weighted by molar-refractivity contribution is -0.149. The van der Waals surface area contributed by atoms with E-state index in [1.165, 1.54) is 0 Å². The third-order valence-electron chi connectivity index (χ3n) is 5.84. The van der Waals surface area contributed by atoms with Gasteiger partial charge in [-0.15, -0.1) is 0 Å². The van der Waals surface area contributed by atoms with Gasteiger partial charge in [0.1, 0.15) is 18.7 Å². The smallest absolute Gasteiger partial charge is 0.326 e. The summed E-state index contributed by atoms with van der Waals surface area (Å²) in [6, 6.07) is 8.81. The first-order valence-corrected chi connectivity index (χ1v) is 9.55. The van der Waals surface area contributed by atoms with Crippen LogP contribution in [0, 0.1) is 11.3 Å². The van der Waals surface area contributed by atoms with Crippen molar-refractivity contribution >= 4 is 17.9 Å². The van der Waals surface area contributed by atoms with E-state index < -0.39 is 17.5 Å². The van der Waals surface area contributed by atoms with Crippen molar-refractivity contribution in [2.24, 2.45) is 11.3 Å². The third kappa shape index (κ3) is 4.15. The second-order valence-corrected chi connectivity index (χ2v) is 8.69. The zero-order chi connectivity index (χ0) is 19.7. The topological polar surface area (TPSA) is 75.7 Å². The summed E-state index contributed by atoms with van der Waals surface area (Å²) in [5.41, 5.74) is 0.201. The van der Waals surface area contributed by atoms with E-state index in [0.29, 0.717) is 18.8 Å². The van der Waals surface area contributed by atoms with Gasteiger partial charge in [0, 0.05) is 0 Å². The van der Waals surface area contributed by atoms with Gasteiger partial charge < -0.3 is 10.1 Å². The van der Waals surface area contributed by atoms with E-state index in [1.807, 2.05) is 30.3 Å². The van der Waals surface area contributed by atoms with Crippen LogP contribution >= 0.6 is 0 Å². The molecule has 2 fully saturated rings. The fraction of sp³-hybridized carbons (Fsp3) is 0.571. The molecular weight excluding hydrogens is 344 g/mol. The number of amides is 3. The van der Waals surface area contributed by atoms with Crippen LogP contribution in [0.5, 0.6) is 0 Å². The number of esters is 1. The van der Waals surface area contributed by atoms with Crippen LogP contribution in [0.25, 0.3) is 0 Å². The first-order valence-electron chi connectivity index (χ1n) is 9.55. The summed E-state index contributed by atoms with van der Waals surface area (Å²) in [4.78, 5) is 38.4. The number of carbonyl (C=O) groups excluding carboxylic acids is 3. The largest absolute Gasteiger partial charge is 0.459 e. The molecule has 1 aromatic carbocycles. The summed E-state index contributed by atoms with van der Waals surface area (Å²) in [7, 11) is 0. The van der Waals surface area contributed by atoms with Crippen LogP contribution in [0.15, 0.2) is 30.3 Å². The number of urea groups is 1. The Labute approximate surface area is 160 Å². The summed E-state index contributed by atoms with van der Waals surface area (Å²) < 4.78 is 5.21. The van der Waals surface area contributed by atoms with Gasteiger partial charge in [-0.3, -0.25) is 14.5 Å². The average Bonchev–Trinajstić information content (AvgIpc) is 2.85. The monoisotopic (exact) mass is 372 g/mol. The number of imide groups is 1. The maximum Gasteiger partial charge on any atom is 0.326 e. The highest BCUT2D eigenvalue weighted by Crippen LogP contribution is 2.43. The number of benzene rings is 1. The molecule has 27 heavy (non-hydrogen) atoms. The lowest BCUT2D eigenvalue weighted by atomic mass is 9.67. The first-order chi connectivity index (χ1) is 12.7. The third-order valence-corrected chi connectivity index (χ3v) is 5.84. The molecule has 1 aromatic rings. The van der Waals surface area contributed by atoms with Gasteiger partial charge in [0.05, 0.1) is 0 Å². The van der Waals surface area contributed by atoms with Crippen LogP contribution in [0.1, 0.15) is 52.0 Å². The van der Waals surface area contributed by atoms with Crippen LogP contribution in [0.2, 0.25) is 0 Å². The molecule has 0 aromatic heterocycles. The molecule has 1 aliphatic carbocycles.